The van der Waals surface area contributed by atoms with Crippen molar-refractivity contribution in [2.24, 2.45) is 11.7 Å². The van der Waals surface area contributed by atoms with E-state index in [1.54, 1.807) is 6.26 Å². The third kappa shape index (κ3) is 4.10. The van der Waals surface area contributed by atoms with E-state index in [0.29, 0.717) is 12.5 Å². The maximum atomic E-state index is 11.5. The van der Waals surface area contributed by atoms with Crippen LogP contribution in [0, 0.1) is 5.92 Å². The number of hydrogen-bond acceptors (Lipinski definition) is 3. The summed E-state index contributed by atoms with van der Waals surface area (Å²) in [6, 6.07) is 7.69. The molecule has 0 saturated heterocycles. The monoisotopic (exact) mass is 307 g/mol. The standard InChI is InChI=1S/C17H25NO2S/c1-3-20-17(16(18)13-7-5-4-6-8-13)14-9-11-15(12-10-14)21(2)19/h9-13H,3-8,18H2,1-2H3/b17-16-. The predicted molar refractivity (Wildman–Crippen MR) is 88.1 cm³/mol. The number of ether oxygens (including phenoxy) is 1. The molecule has 1 atom stereocenters. The van der Waals surface area contributed by atoms with Gasteiger partial charge in [0, 0.05) is 33.4 Å². The van der Waals surface area contributed by atoms with E-state index >= 15 is 0 Å². The Morgan fingerprint density at radius 2 is 1.86 bits per heavy atom. The largest absolute Gasteiger partial charge is 0.491 e. The first kappa shape index (κ1) is 16.1. The van der Waals surface area contributed by atoms with Gasteiger partial charge in [-0.1, -0.05) is 19.3 Å². The molecule has 1 aliphatic carbocycles. The molecule has 2 N–H and O–H groups in total. The number of allylic oxidation sites excluding steroid dienone is 1. The molecule has 0 aliphatic heterocycles. The number of nitrogens with two attached hydrogens (primary N) is 1. The summed E-state index contributed by atoms with van der Waals surface area (Å²) < 4.78 is 17.3. The quantitative estimate of drug-likeness (QED) is 0.844. The molecule has 21 heavy (non-hydrogen) atoms. The Balaban J connectivity index is 2.30. The first-order chi connectivity index (χ1) is 10.1. The minimum absolute atomic E-state index is 0.431. The topological polar surface area (TPSA) is 52.3 Å². The van der Waals surface area contributed by atoms with Crippen molar-refractivity contribution in [3.05, 3.63) is 35.5 Å². The molecule has 116 valence electrons. The molecule has 1 aromatic rings. The summed E-state index contributed by atoms with van der Waals surface area (Å²) in [5.74, 6) is 1.23. The third-order valence-electron chi connectivity index (χ3n) is 4.04. The Labute approximate surface area is 130 Å². The number of hydrogen-bond donors (Lipinski definition) is 1. The highest BCUT2D eigenvalue weighted by atomic mass is 32.2. The van der Waals surface area contributed by atoms with E-state index in [9.17, 15) is 4.21 Å². The van der Waals surface area contributed by atoms with Crippen molar-refractivity contribution in [2.75, 3.05) is 12.9 Å². The van der Waals surface area contributed by atoms with Gasteiger partial charge in [-0.3, -0.25) is 4.21 Å². The molecule has 0 spiro atoms. The van der Waals surface area contributed by atoms with Crippen LogP contribution in [0.15, 0.2) is 34.9 Å². The van der Waals surface area contributed by atoms with Gasteiger partial charge in [0.25, 0.3) is 0 Å². The molecule has 2 rings (SSSR count). The summed E-state index contributed by atoms with van der Waals surface area (Å²) in [6.45, 7) is 2.58. The van der Waals surface area contributed by atoms with E-state index in [1.807, 2.05) is 31.2 Å². The average Bonchev–Trinajstić information content (AvgIpc) is 2.53. The minimum Gasteiger partial charge on any atom is -0.491 e. The summed E-state index contributed by atoms with van der Waals surface area (Å²) in [6.07, 6.45) is 7.80. The van der Waals surface area contributed by atoms with Crippen LogP contribution in [0.1, 0.15) is 44.6 Å². The highest BCUT2D eigenvalue weighted by Gasteiger charge is 2.20. The Bertz CT molecular complexity index is 516. The van der Waals surface area contributed by atoms with Gasteiger partial charge < -0.3 is 10.5 Å². The molecular weight excluding hydrogens is 282 g/mol. The Kier molecular flexibility index (Phi) is 5.85. The molecule has 1 fully saturated rings. The van der Waals surface area contributed by atoms with Gasteiger partial charge in [-0.2, -0.15) is 0 Å². The maximum absolute atomic E-state index is 11.5. The molecule has 0 radical (unpaired) electrons. The van der Waals surface area contributed by atoms with Crippen LogP contribution in [0.25, 0.3) is 5.76 Å². The molecular formula is C17H25NO2S. The Morgan fingerprint density at radius 1 is 1.24 bits per heavy atom. The Hall–Kier alpha value is -1.29. The first-order valence-corrected chi connectivity index (χ1v) is 9.25. The first-order valence-electron chi connectivity index (χ1n) is 7.69. The van der Waals surface area contributed by atoms with Crippen molar-refractivity contribution >= 4 is 16.6 Å². The fourth-order valence-corrected chi connectivity index (χ4v) is 3.39. The van der Waals surface area contributed by atoms with Crippen LogP contribution >= 0.6 is 0 Å². The lowest BCUT2D eigenvalue weighted by Crippen LogP contribution is -2.18. The summed E-state index contributed by atoms with van der Waals surface area (Å²) in [4.78, 5) is 0.825. The smallest absolute Gasteiger partial charge is 0.145 e. The third-order valence-corrected chi connectivity index (χ3v) is 4.98. The van der Waals surface area contributed by atoms with Gasteiger partial charge in [-0.25, -0.2) is 0 Å². The molecule has 0 bridgehead atoms. The van der Waals surface area contributed by atoms with Crippen molar-refractivity contribution in [3.8, 4) is 0 Å². The van der Waals surface area contributed by atoms with E-state index < -0.39 is 10.8 Å². The highest BCUT2D eigenvalue weighted by Crippen LogP contribution is 2.32. The van der Waals surface area contributed by atoms with Crippen LogP contribution in [-0.2, 0) is 15.5 Å². The van der Waals surface area contributed by atoms with Crippen LogP contribution in [0.3, 0.4) is 0 Å². The zero-order chi connectivity index (χ0) is 15.2. The SMILES string of the molecule is CCO/C(=C(\N)C1CCCCC1)c1ccc(S(C)=O)cc1. The van der Waals surface area contributed by atoms with Crippen LogP contribution in [-0.4, -0.2) is 17.1 Å². The lowest BCUT2D eigenvalue weighted by atomic mass is 9.86. The predicted octanol–water partition coefficient (Wildman–Crippen LogP) is 3.67. The zero-order valence-electron chi connectivity index (χ0n) is 12.9. The molecule has 1 unspecified atom stereocenters. The maximum Gasteiger partial charge on any atom is 0.145 e. The van der Waals surface area contributed by atoms with Gasteiger partial charge in [-0.05, 0) is 44.0 Å². The van der Waals surface area contributed by atoms with Gasteiger partial charge >= 0.3 is 0 Å². The molecule has 3 nitrogen and oxygen atoms in total. The van der Waals surface area contributed by atoms with Gasteiger partial charge in [0.2, 0.25) is 0 Å². The molecule has 1 aliphatic rings. The van der Waals surface area contributed by atoms with Crippen LogP contribution in [0.4, 0.5) is 0 Å². The molecule has 1 saturated carbocycles. The summed E-state index contributed by atoms with van der Waals surface area (Å²) in [5.41, 5.74) is 8.26. The van der Waals surface area contributed by atoms with Crippen LogP contribution in [0.5, 0.6) is 0 Å². The second-order valence-electron chi connectivity index (χ2n) is 5.53. The number of benzene rings is 1. The van der Waals surface area contributed by atoms with Gasteiger partial charge in [-0.15, -0.1) is 0 Å². The summed E-state index contributed by atoms with van der Waals surface area (Å²) >= 11 is 0. The molecule has 4 heteroatoms. The number of rotatable bonds is 5. The Morgan fingerprint density at radius 3 is 2.38 bits per heavy atom. The zero-order valence-corrected chi connectivity index (χ0v) is 13.7. The van der Waals surface area contributed by atoms with E-state index in [4.69, 9.17) is 10.5 Å². The van der Waals surface area contributed by atoms with Gasteiger partial charge in [0.15, 0.2) is 0 Å². The molecule has 1 aromatic carbocycles. The lowest BCUT2D eigenvalue weighted by Gasteiger charge is -2.24. The van der Waals surface area contributed by atoms with E-state index in [-0.39, 0.29) is 0 Å². The lowest BCUT2D eigenvalue weighted by molar-refractivity contribution is 0.287. The average molecular weight is 307 g/mol. The van der Waals surface area contributed by atoms with Crippen molar-refractivity contribution in [1.82, 2.24) is 0 Å². The van der Waals surface area contributed by atoms with E-state index in [0.717, 1.165) is 34.8 Å². The second kappa shape index (κ2) is 7.64. The fourth-order valence-electron chi connectivity index (χ4n) is 2.87. The van der Waals surface area contributed by atoms with Crippen molar-refractivity contribution < 1.29 is 8.95 Å². The fraction of sp³-hybridized carbons (Fsp3) is 0.529. The molecule has 0 amide bonds. The highest BCUT2D eigenvalue weighted by molar-refractivity contribution is 7.84. The normalized spacial score (nSPS) is 19.0. The summed E-state index contributed by atoms with van der Waals surface area (Å²) in [7, 11) is -0.957. The minimum atomic E-state index is -0.957. The molecule has 0 aromatic heterocycles. The second-order valence-corrected chi connectivity index (χ2v) is 6.91. The molecule has 0 heterocycles. The van der Waals surface area contributed by atoms with Crippen LogP contribution in [0.2, 0.25) is 0 Å². The van der Waals surface area contributed by atoms with Crippen molar-refractivity contribution in [1.29, 1.82) is 0 Å². The van der Waals surface area contributed by atoms with E-state index in [2.05, 4.69) is 0 Å². The van der Waals surface area contributed by atoms with Crippen LogP contribution < -0.4 is 5.73 Å². The van der Waals surface area contributed by atoms with E-state index in [1.165, 1.54) is 19.3 Å². The van der Waals surface area contributed by atoms with Gasteiger partial charge in [0.1, 0.15) is 5.76 Å². The van der Waals surface area contributed by atoms with Gasteiger partial charge in [0.05, 0.1) is 12.3 Å². The van der Waals surface area contributed by atoms with Crippen molar-refractivity contribution in [3.63, 3.8) is 0 Å². The summed E-state index contributed by atoms with van der Waals surface area (Å²) in [5, 5.41) is 0. The van der Waals surface area contributed by atoms with Crippen molar-refractivity contribution in [2.45, 2.75) is 43.9 Å².